The van der Waals surface area contributed by atoms with Gasteiger partial charge in [0.25, 0.3) is 0 Å². The molecule has 7 nitrogen and oxygen atoms in total. The first-order chi connectivity index (χ1) is 14.3. The zero-order valence-corrected chi connectivity index (χ0v) is 19.1. The van der Waals surface area contributed by atoms with Crippen molar-refractivity contribution in [3.8, 4) is 11.5 Å². The molecule has 2 heterocycles. The van der Waals surface area contributed by atoms with E-state index in [0.717, 1.165) is 27.2 Å². The van der Waals surface area contributed by atoms with Crippen LogP contribution in [0.4, 0.5) is 5.69 Å². The van der Waals surface area contributed by atoms with Crippen LogP contribution in [-0.2, 0) is 10.0 Å². The van der Waals surface area contributed by atoms with Crippen LogP contribution in [0.2, 0.25) is 5.02 Å². The third-order valence-electron chi connectivity index (χ3n) is 4.87. The van der Waals surface area contributed by atoms with Gasteiger partial charge in [-0.3, -0.25) is 0 Å². The number of benzene rings is 2. The average Bonchev–Trinajstić information content (AvgIpc) is 3.08. The molecular weight excluding hydrogens is 446 g/mol. The van der Waals surface area contributed by atoms with Crippen LogP contribution < -0.4 is 14.8 Å². The molecule has 10 heteroatoms. The van der Waals surface area contributed by atoms with Gasteiger partial charge in [0.15, 0.2) is 17.0 Å². The van der Waals surface area contributed by atoms with Crippen molar-refractivity contribution in [2.75, 3.05) is 39.7 Å². The van der Waals surface area contributed by atoms with E-state index in [1.807, 2.05) is 41.6 Å². The second-order valence-corrected chi connectivity index (χ2v) is 10.5. The molecule has 0 fully saturated rings. The standard InChI is InChI=1S/C20H22ClN3O4S2/c1-23(2)30(25,26)18-6-4-5-14(19(18)21)15-12-29-20(24(15)3)22-13-7-8-16-17(11-13)28-10-9-27-16/h4-8,11-12,20,22H,9-10H2,1-3H3. The lowest BCUT2D eigenvalue weighted by Gasteiger charge is -2.27. The maximum Gasteiger partial charge on any atom is 0.244 e. The Morgan fingerprint density at radius 2 is 1.90 bits per heavy atom. The Balaban J connectivity index is 1.56. The molecule has 0 saturated carbocycles. The van der Waals surface area contributed by atoms with Gasteiger partial charge in [-0.1, -0.05) is 35.5 Å². The minimum atomic E-state index is -3.64. The molecule has 0 aliphatic carbocycles. The summed E-state index contributed by atoms with van der Waals surface area (Å²) in [7, 11) is 1.27. The van der Waals surface area contributed by atoms with Crippen molar-refractivity contribution in [2.24, 2.45) is 0 Å². The van der Waals surface area contributed by atoms with E-state index >= 15 is 0 Å². The van der Waals surface area contributed by atoms with E-state index in [4.69, 9.17) is 21.1 Å². The third-order valence-corrected chi connectivity index (χ3v) is 8.30. The van der Waals surface area contributed by atoms with Gasteiger partial charge < -0.3 is 19.7 Å². The summed E-state index contributed by atoms with van der Waals surface area (Å²) in [5, 5.41) is 5.64. The number of ether oxygens (including phenoxy) is 2. The Morgan fingerprint density at radius 1 is 1.17 bits per heavy atom. The summed E-state index contributed by atoms with van der Waals surface area (Å²) in [6, 6.07) is 10.8. The fourth-order valence-corrected chi connectivity index (χ4v) is 5.74. The lowest BCUT2D eigenvalue weighted by Crippen LogP contribution is -2.30. The summed E-state index contributed by atoms with van der Waals surface area (Å²) < 4.78 is 37.6. The summed E-state index contributed by atoms with van der Waals surface area (Å²) in [5.74, 6) is 1.46. The highest BCUT2D eigenvalue weighted by atomic mass is 35.5. The van der Waals surface area contributed by atoms with Gasteiger partial charge in [-0.2, -0.15) is 0 Å². The number of fused-ring (bicyclic) bond motifs is 1. The van der Waals surface area contributed by atoms with E-state index in [-0.39, 0.29) is 15.4 Å². The number of rotatable bonds is 5. The summed E-state index contributed by atoms with van der Waals surface area (Å²) in [5.41, 5.74) is 2.32. The molecule has 2 aliphatic heterocycles. The molecule has 0 spiro atoms. The fourth-order valence-electron chi connectivity index (χ4n) is 3.19. The van der Waals surface area contributed by atoms with Crippen molar-refractivity contribution >= 4 is 44.8 Å². The van der Waals surface area contributed by atoms with Gasteiger partial charge in [0.05, 0.1) is 10.7 Å². The Kier molecular flexibility index (Phi) is 5.80. The number of nitrogens with zero attached hydrogens (tertiary/aromatic N) is 2. The normalized spacial score (nSPS) is 18.5. The Bertz CT molecular complexity index is 1110. The predicted molar refractivity (Wildman–Crippen MR) is 120 cm³/mol. The molecule has 0 bridgehead atoms. The predicted octanol–water partition coefficient (Wildman–Crippen LogP) is 3.73. The van der Waals surface area contributed by atoms with Gasteiger partial charge in [0.2, 0.25) is 10.0 Å². The average molecular weight is 468 g/mol. The topological polar surface area (TPSA) is 71.1 Å². The fraction of sp³-hybridized carbons (Fsp3) is 0.300. The lowest BCUT2D eigenvalue weighted by molar-refractivity contribution is 0.171. The highest BCUT2D eigenvalue weighted by Crippen LogP contribution is 2.41. The highest BCUT2D eigenvalue weighted by molar-refractivity contribution is 8.03. The first kappa shape index (κ1) is 21.2. The van der Waals surface area contributed by atoms with Crippen LogP contribution in [0.3, 0.4) is 0 Å². The molecule has 0 amide bonds. The Morgan fingerprint density at radius 3 is 2.63 bits per heavy atom. The lowest BCUT2D eigenvalue weighted by atomic mass is 10.1. The molecule has 0 saturated heterocycles. The largest absolute Gasteiger partial charge is 0.486 e. The van der Waals surface area contributed by atoms with Gasteiger partial charge in [0.1, 0.15) is 18.1 Å². The quantitative estimate of drug-likeness (QED) is 0.718. The molecule has 2 aromatic carbocycles. The van der Waals surface area contributed by atoms with Gasteiger partial charge in [0, 0.05) is 38.5 Å². The van der Waals surface area contributed by atoms with Crippen LogP contribution in [-0.4, -0.2) is 57.5 Å². The van der Waals surface area contributed by atoms with Crippen LogP contribution in [0.5, 0.6) is 11.5 Å². The monoisotopic (exact) mass is 467 g/mol. The first-order valence-corrected chi connectivity index (χ1v) is 12.0. The second kappa shape index (κ2) is 8.22. The van der Waals surface area contributed by atoms with Gasteiger partial charge >= 0.3 is 0 Å². The molecule has 30 heavy (non-hydrogen) atoms. The zero-order chi connectivity index (χ0) is 21.5. The molecule has 1 unspecified atom stereocenters. The minimum absolute atomic E-state index is 0.0901. The number of halogens is 1. The van der Waals surface area contributed by atoms with E-state index in [2.05, 4.69) is 5.32 Å². The van der Waals surface area contributed by atoms with Crippen molar-refractivity contribution in [2.45, 2.75) is 10.4 Å². The number of anilines is 1. The van der Waals surface area contributed by atoms with Crippen LogP contribution in [0.25, 0.3) is 5.70 Å². The summed E-state index contributed by atoms with van der Waals surface area (Å²) in [6.45, 7) is 1.09. The highest BCUT2D eigenvalue weighted by Gasteiger charge is 2.29. The molecule has 2 aromatic rings. The van der Waals surface area contributed by atoms with Crippen LogP contribution in [0, 0.1) is 0 Å². The summed E-state index contributed by atoms with van der Waals surface area (Å²) in [4.78, 5) is 2.11. The van der Waals surface area contributed by atoms with Gasteiger partial charge in [-0.05, 0) is 23.6 Å². The smallest absolute Gasteiger partial charge is 0.244 e. The summed E-state index contributed by atoms with van der Waals surface area (Å²) >= 11 is 8.11. The molecule has 1 atom stereocenters. The molecule has 1 N–H and O–H groups in total. The molecule has 2 aliphatic rings. The second-order valence-electron chi connectivity index (χ2n) is 7.01. The summed E-state index contributed by atoms with van der Waals surface area (Å²) in [6.07, 6.45) is 0. The SMILES string of the molecule is CN1C(c2cccc(S(=O)(=O)N(C)C)c2Cl)=CSC1Nc1ccc2c(c1)OCCO2. The van der Waals surface area contributed by atoms with Crippen molar-refractivity contribution in [3.63, 3.8) is 0 Å². The Hall–Kier alpha value is -2.07. The Labute approximate surface area is 185 Å². The van der Waals surface area contributed by atoms with Crippen LogP contribution >= 0.6 is 23.4 Å². The molecule has 4 rings (SSSR count). The van der Waals surface area contributed by atoms with E-state index in [0.29, 0.717) is 18.8 Å². The minimum Gasteiger partial charge on any atom is -0.486 e. The maximum absolute atomic E-state index is 12.6. The van der Waals surface area contributed by atoms with Crippen molar-refractivity contribution in [3.05, 3.63) is 52.4 Å². The molecular formula is C20H22ClN3O4S2. The zero-order valence-electron chi connectivity index (χ0n) is 16.8. The van der Waals surface area contributed by atoms with Gasteiger partial charge in [-0.25, -0.2) is 12.7 Å². The molecule has 0 radical (unpaired) electrons. The van der Waals surface area contributed by atoms with Crippen LogP contribution in [0.15, 0.2) is 46.7 Å². The molecule has 160 valence electrons. The van der Waals surface area contributed by atoms with Crippen molar-refractivity contribution < 1.29 is 17.9 Å². The number of hydrogen-bond donors (Lipinski definition) is 1. The van der Waals surface area contributed by atoms with E-state index in [9.17, 15) is 8.42 Å². The van der Waals surface area contributed by atoms with Crippen molar-refractivity contribution in [1.82, 2.24) is 9.21 Å². The number of thioether (sulfide) groups is 1. The van der Waals surface area contributed by atoms with E-state index < -0.39 is 10.0 Å². The molecule has 0 aromatic heterocycles. The van der Waals surface area contributed by atoms with Gasteiger partial charge in [-0.15, -0.1) is 0 Å². The number of sulfonamides is 1. The van der Waals surface area contributed by atoms with E-state index in [1.54, 1.807) is 17.8 Å². The third kappa shape index (κ3) is 3.82. The number of hydrogen-bond acceptors (Lipinski definition) is 7. The van der Waals surface area contributed by atoms with Crippen LogP contribution in [0.1, 0.15) is 5.56 Å². The van der Waals surface area contributed by atoms with Crippen molar-refractivity contribution in [1.29, 1.82) is 0 Å². The maximum atomic E-state index is 12.6. The first-order valence-electron chi connectivity index (χ1n) is 9.25. The number of nitrogens with one attached hydrogen (secondary N) is 1. The van der Waals surface area contributed by atoms with E-state index in [1.165, 1.54) is 20.2 Å².